The maximum Gasteiger partial charge on any atom is 0.407 e. The van der Waals surface area contributed by atoms with E-state index < -0.39 is 18.2 Å². The van der Waals surface area contributed by atoms with E-state index in [0.29, 0.717) is 34.6 Å². The zero-order valence-electron chi connectivity index (χ0n) is 28.4. The van der Waals surface area contributed by atoms with Gasteiger partial charge in [0.05, 0.1) is 43.0 Å². The number of hydrogen-bond acceptors (Lipinski definition) is 8. The Labute approximate surface area is 279 Å². The number of benzene rings is 2. The number of alkyl carbamates (subject to hydrolysis) is 1. The van der Waals surface area contributed by atoms with E-state index in [4.69, 9.17) is 9.47 Å². The molecule has 13 nitrogen and oxygen atoms in total. The zero-order valence-corrected chi connectivity index (χ0v) is 28.4. The summed E-state index contributed by atoms with van der Waals surface area (Å²) in [5, 5.41) is 8.50. The molecule has 3 amide bonds. The highest BCUT2D eigenvalue weighted by molar-refractivity contribution is 5.86. The average Bonchev–Trinajstić information content (AvgIpc) is 3.76. The maximum atomic E-state index is 12.9. The molecule has 1 aliphatic rings. The van der Waals surface area contributed by atoms with Crippen molar-refractivity contribution in [3.8, 4) is 45.5 Å². The largest absolute Gasteiger partial charge is 0.453 e. The summed E-state index contributed by atoms with van der Waals surface area (Å²) in [6.45, 7) is 13.4. The van der Waals surface area contributed by atoms with E-state index >= 15 is 0 Å². The minimum atomic E-state index is -0.760. The first-order valence-corrected chi connectivity index (χ1v) is 16.0. The summed E-state index contributed by atoms with van der Waals surface area (Å²) < 4.78 is 17.1. The van der Waals surface area contributed by atoms with Gasteiger partial charge < -0.3 is 40.1 Å². The highest BCUT2D eigenvalue weighted by Gasteiger charge is 2.27. The molecular weight excluding hydrogens is 614 g/mol. The van der Waals surface area contributed by atoms with Crippen LogP contribution in [0.4, 0.5) is 4.79 Å². The van der Waals surface area contributed by atoms with Crippen LogP contribution in [0.15, 0.2) is 48.8 Å². The standard InChI is InChI=1S/C35H43N7O6/c1-17(2)19(5)33(43)38-20(6)31-36-15-24(40-31)22-9-11-26-28(13-22)47-27-12-10-23(14-29(27)48-26)25-16-37-32(41-25)21(7)39-34(44)30(18(3)4)42-35(45)46-8/h9-21,30H,1-8H3,(H,36,40)(H,37,41)(H,38,43)(H,39,44)(H,42,45)/t19-,20-,21-,30-/m0/s1. The Balaban J connectivity index is 1.25. The molecule has 0 radical (unpaired) electrons. The average molecular weight is 658 g/mol. The molecule has 4 aromatic rings. The smallest absolute Gasteiger partial charge is 0.407 e. The van der Waals surface area contributed by atoms with Crippen molar-refractivity contribution in [3.63, 3.8) is 0 Å². The fourth-order valence-corrected chi connectivity index (χ4v) is 5.13. The number of hydrogen-bond donors (Lipinski definition) is 5. The molecule has 2 aromatic carbocycles. The van der Waals surface area contributed by atoms with E-state index in [2.05, 4.69) is 40.6 Å². The van der Waals surface area contributed by atoms with Crippen molar-refractivity contribution >= 4 is 17.9 Å². The molecule has 13 heteroatoms. The quantitative estimate of drug-likeness (QED) is 0.109. The Morgan fingerprint density at radius 3 is 1.58 bits per heavy atom. The van der Waals surface area contributed by atoms with Gasteiger partial charge in [-0.1, -0.05) is 34.6 Å². The summed E-state index contributed by atoms with van der Waals surface area (Å²) in [5.41, 5.74) is 3.19. The van der Waals surface area contributed by atoms with E-state index in [-0.39, 0.29) is 35.6 Å². The number of imidazole rings is 2. The van der Waals surface area contributed by atoms with E-state index in [1.807, 2.05) is 84.9 Å². The molecule has 48 heavy (non-hydrogen) atoms. The van der Waals surface area contributed by atoms with E-state index in [1.54, 1.807) is 12.4 Å². The Morgan fingerprint density at radius 2 is 1.15 bits per heavy atom. The number of aromatic nitrogens is 4. The topological polar surface area (TPSA) is 172 Å². The number of ether oxygens (including phenoxy) is 3. The lowest BCUT2D eigenvalue weighted by Crippen LogP contribution is -2.50. The second-order valence-corrected chi connectivity index (χ2v) is 12.7. The van der Waals surface area contributed by atoms with Crippen LogP contribution in [0.25, 0.3) is 22.5 Å². The van der Waals surface area contributed by atoms with Crippen LogP contribution >= 0.6 is 0 Å². The van der Waals surface area contributed by atoms with E-state index in [1.165, 1.54) is 7.11 Å². The third-order valence-corrected chi connectivity index (χ3v) is 8.50. The van der Waals surface area contributed by atoms with Crippen molar-refractivity contribution in [1.82, 2.24) is 35.9 Å². The minimum Gasteiger partial charge on any atom is -0.453 e. The van der Waals surface area contributed by atoms with Gasteiger partial charge in [0.15, 0.2) is 23.0 Å². The molecular formula is C35H43N7O6. The number of fused-ring (bicyclic) bond motifs is 2. The second kappa shape index (κ2) is 14.2. The number of H-pyrrole nitrogens is 2. The van der Waals surface area contributed by atoms with Crippen molar-refractivity contribution in [2.45, 2.75) is 66.6 Å². The third kappa shape index (κ3) is 7.45. The van der Waals surface area contributed by atoms with Gasteiger partial charge in [-0.25, -0.2) is 14.8 Å². The maximum absolute atomic E-state index is 12.9. The monoisotopic (exact) mass is 657 g/mol. The lowest BCUT2D eigenvalue weighted by atomic mass is 9.97. The zero-order chi connectivity index (χ0) is 34.7. The number of nitrogens with zero attached hydrogens (tertiary/aromatic N) is 2. The fourth-order valence-electron chi connectivity index (χ4n) is 5.13. The van der Waals surface area contributed by atoms with Gasteiger partial charge in [-0.15, -0.1) is 0 Å². The van der Waals surface area contributed by atoms with E-state index in [9.17, 15) is 14.4 Å². The number of carbonyl (C=O) groups excluding carboxylic acids is 3. The number of aromatic amines is 2. The van der Waals surface area contributed by atoms with Gasteiger partial charge in [0.1, 0.15) is 17.7 Å². The van der Waals surface area contributed by atoms with Crippen LogP contribution in [-0.4, -0.2) is 51.0 Å². The fraction of sp³-hybridized carbons (Fsp3) is 0.400. The van der Waals surface area contributed by atoms with Gasteiger partial charge in [-0.3, -0.25) is 9.59 Å². The number of carbonyl (C=O) groups is 3. The summed E-state index contributed by atoms with van der Waals surface area (Å²) >= 11 is 0. The van der Waals surface area contributed by atoms with Gasteiger partial charge in [0.2, 0.25) is 11.8 Å². The molecule has 0 saturated carbocycles. The Morgan fingerprint density at radius 1 is 0.667 bits per heavy atom. The van der Waals surface area contributed by atoms with Gasteiger partial charge in [-0.05, 0) is 62.1 Å². The first kappa shape index (κ1) is 34.0. The van der Waals surface area contributed by atoms with Crippen LogP contribution in [0.3, 0.4) is 0 Å². The van der Waals surface area contributed by atoms with Crippen molar-refractivity contribution in [2.75, 3.05) is 7.11 Å². The highest BCUT2D eigenvalue weighted by Crippen LogP contribution is 2.47. The molecule has 0 bridgehead atoms. The van der Waals surface area contributed by atoms with Crippen molar-refractivity contribution in [3.05, 3.63) is 60.4 Å². The lowest BCUT2D eigenvalue weighted by molar-refractivity contribution is -0.126. The van der Waals surface area contributed by atoms with Crippen LogP contribution in [0.1, 0.15) is 72.2 Å². The highest BCUT2D eigenvalue weighted by atomic mass is 16.6. The molecule has 0 unspecified atom stereocenters. The Kier molecular flexibility index (Phi) is 10.1. The normalized spacial score (nSPS) is 14.5. The van der Waals surface area contributed by atoms with Crippen LogP contribution in [-0.2, 0) is 14.3 Å². The summed E-state index contributed by atoms with van der Waals surface area (Å²) in [6, 6.07) is 9.74. The van der Waals surface area contributed by atoms with Gasteiger partial charge in [-0.2, -0.15) is 0 Å². The number of nitrogens with one attached hydrogen (secondary N) is 5. The Hall–Kier alpha value is -5.33. The second-order valence-electron chi connectivity index (χ2n) is 12.7. The molecule has 5 N–H and O–H groups in total. The number of methoxy groups -OCH3 is 1. The van der Waals surface area contributed by atoms with Gasteiger partial charge in [0.25, 0.3) is 0 Å². The molecule has 0 saturated heterocycles. The summed E-state index contributed by atoms with van der Waals surface area (Å²) in [4.78, 5) is 52.7. The summed E-state index contributed by atoms with van der Waals surface area (Å²) in [6.07, 6.45) is 2.75. The summed E-state index contributed by atoms with van der Waals surface area (Å²) in [7, 11) is 1.25. The summed E-state index contributed by atoms with van der Waals surface area (Å²) in [5.74, 6) is 3.09. The number of rotatable bonds is 11. The first-order valence-electron chi connectivity index (χ1n) is 16.0. The predicted octanol–water partition coefficient (Wildman–Crippen LogP) is 6.39. The predicted molar refractivity (Wildman–Crippen MR) is 179 cm³/mol. The molecule has 1 aliphatic heterocycles. The van der Waals surface area contributed by atoms with Crippen LogP contribution in [0.5, 0.6) is 23.0 Å². The Bertz CT molecular complexity index is 1800. The molecule has 0 spiro atoms. The lowest BCUT2D eigenvalue weighted by Gasteiger charge is -2.22. The molecule has 0 aliphatic carbocycles. The van der Waals surface area contributed by atoms with Crippen molar-refractivity contribution in [1.29, 1.82) is 0 Å². The third-order valence-electron chi connectivity index (χ3n) is 8.50. The molecule has 3 heterocycles. The molecule has 5 rings (SSSR count). The van der Waals surface area contributed by atoms with Crippen LogP contribution in [0, 0.1) is 17.8 Å². The van der Waals surface area contributed by atoms with Crippen LogP contribution in [0.2, 0.25) is 0 Å². The minimum absolute atomic E-state index is 0.00531. The van der Waals surface area contributed by atoms with Crippen LogP contribution < -0.4 is 25.4 Å². The number of amides is 3. The first-order chi connectivity index (χ1) is 22.8. The molecule has 2 aromatic heterocycles. The SMILES string of the molecule is COC(=O)N[C@H](C(=O)N[C@@H](C)c1ncc(-c2ccc3c(c2)Oc2ccc(-c4cnc([C@H](C)NC(=O)[C@@H](C)C(C)C)[nH]4)cc2O3)[nH]1)C(C)C. The van der Waals surface area contributed by atoms with Crippen molar-refractivity contribution < 1.29 is 28.6 Å². The van der Waals surface area contributed by atoms with Gasteiger partial charge in [0, 0.05) is 17.0 Å². The molecule has 254 valence electrons. The molecule has 4 atom stereocenters. The van der Waals surface area contributed by atoms with Gasteiger partial charge >= 0.3 is 6.09 Å². The van der Waals surface area contributed by atoms with Crippen molar-refractivity contribution in [2.24, 2.45) is 17.8 Å². The van der Waals surface area contributed by atoms with E-state index in [0.717, 1.165) is 22.5 Å². The molecule has 0 fully saturated rings.